The number of fused-ring (bicyclic) bond motifs is 1. The molecule has 3 aliphatic carbocycles. The van der Waals surface area contributed by atoms with E-state index >= 15 is 0 Å². The second-order valence-electron chi connectivity index (χ2n) is 6.35. The van der Waals surface area contributed by atoms with Crippen LogP contribution < -0.4 is 0 Å². The van der Waals surface area contributed by atoms with Gasteiger partial charge in [0.2, 0.25) is 0 Å². The van der Waals surface area contributed by atoms with E-state index in [4.69, 9.17) is 0 Å². The minimum atomic E-state index is 0.0628. The fourth-order valence-electron chi connectivity index (χ4n) is 4.33. The van der Waals surface area contributed by atoms with Gasteiger partial charge in [0, 0.05) is 0 Å². The Morgan fingerprint density at radius 1 is 0.933 bits per heavy atom. The Morgan fingerprint density at radius 2 is 1.53 bits per heavy atom. The molecule has 0 saturated heterocycles. The molecular weight excluding hydrogens is 184 g/mol. The molecule has 0 aromatic heterocycles. The zero-order valence-corrected chi connectivity index (χ0v) is 9.86. The highest BCUT2D eigenvalue weighted by Gasteiger charge is 2.56. The van der Waals surface area contributed by atoms with E-state index in [9.17, 15) is 5.11 Å². The molecule has 3 rings (SSSR count). The summed E-state index contributed by atoms with van der Waals surface area (Å²) in [6, 6.07) is 0. The van der Waals surface area contributed by atoms with Gasteiger partial charge in [-0.25, -0.2) is 0 Å². The van der Waals surface area contributed by atoms with Crippen molar-refractivity contribution in [2.45, 2.75) is 58.0 Å². The molecule has 0 aromatic carbocycles. The molecule has 3 aliphatic rings. The highest BCUT2D eigenvalue weighted by Crippen LogP contribution is 2.60. The Labute approximate surface area is 93.3 Å². The molecule has 0 aromatic rings. The fourth-order valence-corrected chi connectivity index (χ4v) is 4.33. The van der Waals surface area contributed by atoms with Gasteiger partial charge in [0.25, 0.3) is 0 Å². The third kappa shape index (κ3) is 1.73. The van der Waals surface area contributed by atoms with E-state index < -0.39 is 0 Å². The smallest absolute Gasteiger partial charge is 0.0602 e. The number of aliphatic hydroxyl groups is 1. The van der Waals surface area contributed by atoms with Crippen LogP contribution in [0.15, 0.2) is 0 Å². The standard InChI is InChI=1S/C14H24O/c1-9-5-7-10(8-6-9)14(15)13-11-3-2-4-12(11)13/h9-15H,2-8H2,1H3. The predicted octanol–water partition coefficient (Wildman–Crippen LogP) is 3.22. The van der Waals surface area contributed by atoms with Crippen LogP contribution in [0.3, 0.4) is 0 Å². The Bertz CT molecular complexity index is 219. The van der Waals surface area contributed by atoms with Gasteiger partial charge in [0.05, 0.1) is 6.10 Å². The van der Waals surface area contributed by atoms with E-state index in [1.54, 1.807) is 0 Å². The number of hydrogen-bond donors (Lipinski definition) is 1. The van der Waals surface area contributed by atoms with Gasteiger partial charge in [0.15, 0.2) is 0 Å². The summed E-state index contributed by atoms with van der Waals surface area (Å²) < 4.78 is 0. The molecule has 3 fully saturated rings. The Kier molecular flexibility index (Phi) is 2.54. The number of rotatable bonds is 2. The molecule has 86 valence electrons. The SMILES string of the molecule is CC1CCC(C(O)C2C3CCCC32)CC1. The topological polar surface area (TPSA) is 20.2 Å². The van der Waals surface area contributed by atoms with Crippen molar-refractivity contribution in [2.75, 3.05) is 0 Å². The van der Waals surface area contributed by atoms with E-state index in [-0.39, 0.29) is 6.10 Å². The monoisotopic (exact) mass is 208 g/mol. The first-order valence-electron chi connectivity index (χ1n) is 6.95. The van der Waals surface area contributed by atoms with Crippen molar-refractivity contribution >= 4 is 0 Å². The summed E-state index contributed by atoms with van der Waals surface area (Å²) >= 11 is 0. The number of hydrogen-bond acceptors (Lipinski definition) is 1. The zero-order valence-electron chi connectivity index (χ0n) is 9.86. The van der Waals surface area contributed by atoms with Gasteiger partial charge >= 0.3 is 0 Å². The van der Waals surface area contributed by atoms with Gasteiger partial charge in [-0.1, -0.05) is 26.2 Å². The lowest BCUT2D eigenvalue weighted by Crippen LogP contribution is -2.28. The van der Waals surface area contributed by atoms with Crippen LogP contribution in [0.4, 0.5) is 0 Å². The Balaban J connectivity index is 1.54. The van der Waals surface area contributed by atoms with Crippen molar-refractivity contribution in [1.82, 2.24) is 0 Å². The molecular formula is C14H24O. The van der Waals surface area contributed by atoms with Crippen molar-refractivity contribution in [1.29, 1.82) is 0 Å². The summed E-state index contributed by atoms with van der Waals surface area (Å²) in [5.41, 5.74) is 0. The normalized spacial score (nSPS) is 51.2. The second-order valence-corrected chi connectivity index (χ2v) is 6.35. The lowest BCUT2D eigenvalue weighted by Gasteiger charge is -2.30. The van der Waals surface area contributed by atoms with Crippen molar-refractivity contribution in [3.63, 3.8) is 0 Å². The molecule has 0 heterocycles. The van der Waals surface area contributed by atoms with Gasteiger partial charge in [-0.15, -0.1) is 0 Å². The first-order valence-corrected chi connectivity index (χ1v) is 6.95. The van der Waals surface area contributed by atoms with Gasteiger partial charge in [0.1, 0.15) is 0 Å². The summed E-state index contributed by atoms with van der Waals surface area (Å²) in [5.74, 6) is 4.14. The van der Waals surface area contributed by atoms with Crippen molar-refractivity contribution in [2.24, 2.45) is 29.6 Å². The van der Waals surface area contributed by atoms with Crippen LogP contribution >= 0.6 is 0 Å². The van der Waals surface area contributed by atoms with Crippen molar-refractivity contribution in [3.8, 4) is 0 Å². The summed E-state index contributed by atoms with van der Waals surface area (Å²) in [5, 5.41) is 10.4. The van der Waals surface area contributed by atoms with Crippen LogP contribution in [0.1, 0.15) is 51.9 Å². The lowest BCUT2D eigenvalue weighted by molar-refractivity contribution is 0.0476. The third-order valence-electron chi connectivity index (χ3n) is 5.41. The summed E-state index contributed by atoms with van der Waals surface area (Å²) in [6.07, 6.45) is 9.60. The number of aliphatic hydroxyl groups excluding tert-OH is 1. The van der Waals surface area contributed by atoms with E-state index in [0.29, 0.717) is 5.92 Å². The molecule has 0 radical (unpaired) electrons. The highest BCUT2D eigenvalue weighted by molar-refractivity contribution is 5.05. The van der Waals surface area contributed by atoms with Gasteiger partial charge in [-0.3, -0.25) is 0 Å². The maximum Gasteiger partial charge on any atom is 0.0602 e. The molecule has 15 heavy (non-hydrogen) atoms. The Morgan fingerprint density at radius 3 is 2.13 bits per heavy atom. The first kappa shape index (κ1) is 10.1. The molecule has 1 heteroatoms. The maximum absolute atomic E-state index is 10.4. The van der Waals surface area contributed by atoms with E-state index in [1.807, 2.05) is 0 Å². The summed E-state index contributed by atoms with van der Waals surface area (Å²) in [6.45, 7) is 2.36. The molecule has 3 atom stereocenters. The summed E-state index contributed by atoms with van der Waals surface area (Å²) in [7, 11) is 0. The van der Waals surface area contributed by atoms with Crippen molar-refractivity contribution < 1.29 is 5.11 Å². The Hall–Kier alpha value is -0.0400. The summed E-state index contributed by atoms with van der Waals surface area (Å²) in [4.78, 5) is 0. The van der Waals surface area contributed by atoms with Crippen LogP contribution in [-0.4, -0.2) is 11.2 Å². The molecule has 1 N–H and O–H groups in total. The van der Waals surface area contributed by atoms with Crippen LogP contribution in [-0.2, 0) is 0 Å². The predicted molar refractivity (Wildman–Crippen MR) is 61.4 cm³/mol. The highest BCUT2D eigenvalue weighted by atomic mass is 16.3. The first-order chi connectivity index (χ1) is 7.27. The third-order valence-corrected chi connectivity index (χ3v) is 5.41. The fraction of sp³-hybridized carbons (Fsp3) is 1.00. The molecule has 0 spiro atoms. The minimum absolute atomic E-state index is 0.0628. The van der Waals surface area contributed by atoms with Gasteiger partial charge < -0.3 is 5.11 Å². The van der Waals surface area contributed by atoms with Crippen LogP contribution in [0, 0.1) is 29.6 Å². The van der Waals surface area contributed by atoms with E-state index in [1.165, 1.54) is 44.9 Å². The second kappa shape index (κ2) is 3.76. The molecule has 3 unspecified atom stereocenters. The molecule has 1 nitrogen and oxygen atoms in total. The minimum Gasteiger partial charge on any atom is -0.393 e. The van der Waals surface area contributed by atoms with E-state index in [2.05, 4.69) is 6.92 Å². The molecule has 0 bridgehead atoms. The van der Waals surface area contributed by atoms with Crippen molar-refractivity contribution in [3.05, 3.63) is 0 Å². The van der Waals surface area contributed by atoms with Crippen LogP contribution in [0.5, 0.6) is 0 Å². The van der Waals surface area contributed by atoms with Crippen LogP contribution in [0.2, 0.25) is 0 Å². The molecule has 0 aliphatic heterocycles. The average molecular weight is 208 g/mol. The van der Waals surface area contributed by atoms with E-state index in [0.717, 1.165) is 23.7 Å². The van der Waals surface area contributed by atoms with Gasteiger partial charge in [-0.05, 0) is 55.3 Å². The molecule has 0 amide bonds. The maximum atomic E-state index is 10.4. The molecule has 3 saturated carbocycles. The largest absolute Gasteiger partial charge is 0.393 e. The van der Waals surface area contributed by atoms with Crippen LogP contribution in [0.25, 0.3) is 0 Å². The average Bonchev–Trinajstić information content (AvgIpc) is 2.72. The zero-order chi connectivity index (χ0) is 10.4. The van der Waals surface area contributed by atoms with Gasteiger partial charge in [-0.2, -0.15) is 0 Å². The lowest BCUT2D eigenvalue weighted by atomic mass is 9.78. The quantitative estimate of drug-likeness (QED) is 0.738.